The Morgan fingerprint density at radius 1 is 1.24 bits per heavy atom. The molecule has 5 nitrogen and oxygen atoms in total. The molecule has 1 aromatic heterocycles. The van der Waals surface area contributed by atoms with Crippen molar-refractivity contribution in [2.45, 2.75) is 31.9 Å². The second-order valence-corrected chi connectivity index (χ2v) is 7.60. The maximum atomic E-state index is 6.36. The molecule has 2 saturated heterocycles. The highest BCUT2D eigenvalue weighted by Gasteiger charge is 2.40. The molecule has 3 heterocycles. The van der Waals surface area contributed by atoms with Crippen LogP contribution in [0.15, 0.2) is 36.8 Å². The molecule has 2 aliphatic heterocycles. The molecule has 1 aromatic carbocycles. The van der Waals surface area contributed by atoms with Gasteiger partial charge in [0.05, 0.1) is 24.2 Å². The van der Waals surface area contributed by atoms with Gasteiger partial charge in [-0.05, 0) is 37.5 Å². The Labute approximate surface area is 150 Å². The second-order valence-electron chi connectivity index (χ2n) is 7.60. The van der Waals surface area contributed by atoms with E-state index in [0.717, 1.165) is 45.8 Å². The molecule has 0 radical (unpaired) electrons. The molecule has 0 saturated carbocycles. The zero-order valence-corrected chi connectivity index (χ0v) is 15.3. The fraction of sp³-hybridized carbons (Fsp3) is 0.550. The number of anilines is 1. The van der Waals surface area contributed by atoms with Crippen LogP contribution in [0.3, 0.4) is 0 Å². The molecule has 2 aromatic rings. The van der Waals surface area contributed by atoms with E-state index in [0.29, 0.717) is 0 Å². The summed E-state index contributed by atoms with van der Waals surface area (Å²) in [7, 11) is 2.07. The van der Waals surface area contributed by atoms with Gasteiger partial charge in [-0.1, -0.05) is 12.1 Å². The molecule has 25 heavy (non-hydrogen) atoms. The quantitative estimate of drug-likeness (QED) is 0.860. The molecule has 4 rings (SSSR count). The van der Waals surface area contributed by atoms with E-state index < -0.39 is 0 Å². The first-order valence-electron chi connectivity index (χ1n) is 9.27. The van der Waals surface area contributed by atoms with Gasteiger partial charge >= 0.3 is 0 Å². The van der Waals surface area contributed by atoms with Crippen molar-refractivity contribution >= 4 is 5.69 Å². The highest BCUT2D eigenvalue weighted by Crippen LogP contribution is 2.32. The topological polar surface area (TPSA) is 33.5 Å². The number of morpholine rings is 1. The lowest BCUT2D eigenvalue weighted by molar-refractivity contribution is -0.116. The van der Waals surface area contributed by atoms with Crippen LogP contribution >= 0.6 is 0 Å². The van der Waals surface area contributed by atoms with Gasteiger partial charge in [0.1, 0.15) is 0 Å². The van der Waals surface area contributed by atoms with E-state index >= 15 is 0 Å². The Balaban J connectivity index is 1.47. The van der Waals surface area contributed by atoms with Crippen LogP contribution < -0.4 is 4.90 Å². The van der Waals surface area contributed by atoms with Gasteiger partial charge in [-0.3, -0.25) is 4.90 Å². The summed E-state index contributed by atoms with van der Waals surface area (Å²) in [6, 6.07) is 8.83. The number of aromatic nitrogens is 2. The van der Waals surface area contributed by atoms with E-state index in [4.69, 9.17) is 4.74 Å². The van der Waals surface area contributed by atoms with Crippen molar-refractivity contribution in [1.29, 1.82) is 0 Å². The van der Waals surface area contributed by atoms with Crippen molar-refractivity contribution in [3.05, 3.63) is 48.0 Å². The molecular formula is C20H28N4O. The van der Waals surface area contributed by atoms with E-state index in [2.05, 4.69) is 57.6 Å². The van der Waals surface area contributed by atoms with Crippen molar-refractivity contribution < 1.29 is 4.74 Å². The molecule has 0 bridgehead atoms. The summed E-state index contributed by atoms with van der Waals surface area (Å²) in [6.45, 7) is 8.04. The van der Waals surface area contributed by atoms with Gasteiger partial charge in [0.25, 0.3) is 0 Å². The third-order valence-corrected chi connectivity index (χ3v) is 5.54. The van der Waals surface area contributed by atoms with E-state index in [1.807, 2.05) is 12.5 Å². The summed E-state index contributed by atoms with van der Waals surface area (Å²) in [6.07, 6.45) is 6.19. The Morgan fingerprint density at radius 3 is 2.96 bits per heavy atom. The van der Waals surface area contributed by atoms with Crippen molar-refractivity contribution in [2.24, 2.45) is 7.05 Å². The molecule has 1 atom stereocenters. The van der Waals surface area contributed by atoms with Gasteiger partial charge in [-0.2, -0.15) is 0 Å². The first-order chi connectivity index (χ1) is 12.1. The van der Waals surface area contributed by atoms with Crippen molar-refractivity contribution in [1.82, 2.24) is 14.5 Å². The van der Waals surface area contributed by atoms with Crippen LogP contribution in [0, 0.1) is 6.92 Å². The van der Waals surface area contributed by atoms with Crippen molar-refractivity contribution in [3.63, 3.8) is 0 Å². The van der Waals surface area contributed by atoms with Crippen LogP contribution in [0.2, 0.25) is 0 Å². The smallest absolute Gasteiger partial charge is 0.0983 e. The number of nitrogens with zero attached hydrogens (tertiary/aromatic N) is 4. The lowest BCUT2D eigenvalue weighted by Gasteiger charge is -2.48. The number of piperidine rings is 1. The fourth-order valence-corrected chi connectivity index (χ4v) is 4.21. The van der Waals surface area contributed by atoms with Gasteiger partial charge in [-0.25, -0.2) is 4.98 Å². The summed E-state index contributed by atoms with van der Waals surface area (Å²) < 4.78 is 8.48. The highest BCUT2D eigenvalue weighted by molar-refractivity contribution is 5.49. The minimum absolute atomic E-state index is 0.0428. The van der Waals surface area contributed by atoms with Crippen LogP contribution in [0.25, 0.3) is 0 Å². The van der Waals surface area contributed by atoms with Gasteiger partial charge in [0, 0.05) is 51.7 Å². The first kappa shape index (κ1) is 16.6. The van der Waals surface area contributed by atoms with Gasteiger partial charge in [-0.15, -0.1) is 0 Å². The third-order valence-electron chi connectivity index (χ3n) is 5.54. The van der Waals surface area contributed by atoms with Crippen LogP contribution in [-0.2, 0) is 18.3 Å². The summed E-state index contributed by atoms with van der Waals surface area (Å²) in [4.78, 5) is 9.28. The van der Waals surface area contributed by atoms with Crippen LogP contribution in [0.4, 0.5) is 5.69 Å². The number of hydrogen-bond donors (Lipinski definition) is 0. The summed E-state index contributed by atoms with van der Waals surface area (Å²) >= 11 is 0. The number of imidazole rings is 1. The molecule has 0 N–H and O–H groups in total. The minimum atomic E-state index is -0.0428. The number of benzene rings is 1. The molecule has 2 fully saturated rings. The maximum Gasteiger partial charge on any atom is 0.0983 e. The average Bonchev–Trinajstić information content (AvgIpc) is 3.00. The molecule has 134 valence electrons. The van der Waals surface area contributed by atoms with Crippen LogP contribution in [-0.4, -0.2) is 52.8 Å². The number of rotatable bonds is 3. The van der Waals surface area contributed by atoms with E-state index in [1.165, 1.54) is 23.4 Å². The molecule has 1 unspecified atom stereocenters. The number of ether oxygens (including phenoxy) is 1. The second kappa shape index (κ2) is 6.81. The monoisotopic (exact) mass is 340 g/mol. The van der Waals surface area contributed by atoms with E-state index in [1.54, 1.807) is 0 Å². The van der Waals surface area contributed by atoms with Crippen molar-refractivity contribution in [3.8, 4) is 0 Å². The number of hydrogen-bond acceptors (Lipinski definition) is 4. The normalized spacial score (nSPS) is 24.8. The molecule has 0 aliphatic carbocycles. The van der Waals surface area contributed by atoms with Gasteiger partial charge in [0.2, 0.25) is 0 Å². The Morgan fingerprint density at radius 2 is 2.16 bits per heavy atom. The summed E-state index contributed by atoms with van der Waals surface area (Å²) in [5, 5.41) is 0. The van der Waals surface area contributed by atoms with Crippen LogP contribution in [0.1, 0.15) is 24.1 Å². The fourth-order valence-electron chi connectivity index (χ4n) is 4.21. The largest absolute Gasteiger partial charge is 0.370 e. The van der Waals surface area contributed by atoms with Crippen LogP contribution in [0.5, 0.6) is 0 Å². The zero-order chi connectivity index (χ0) is 17.3. The lowest BCUT2D eigenvalue weighted by atomic mass is 9.90. The summed E-state index contributed by atoms with van der Waals surface area (Å²) in [5.74, 6) is 0. The number of aryl methyl sites for hydroxylation is 2. The Hall–Kier alpha value is -1.85. The Kier molecular flexibility index (Phi) is 4.52. The van der Waals surface area contributed by atoms with Gasteiger partial charge < -0.3 is 14.2 Å². The highest BCUT2D eigenvalue weighted by atomic mass is 16.5. The lowest BCUT2D eigenvalue weighted by Crippen LogP contribution is -2.59. The maximum absolute atomic E-state index is 6.36. The zero-order valence-electron chi connectivity index (χ0n) is 15.3. The van der Waals surface area contributed by atoms with E-state index in [9.17, 15) is 0 Å². The van der Waals surface area contributed by atoms with Crippen molar-refractivity contribution in [2.75, 3.05) is 37.7 Å². The predicted molar refractivity (Wildman–Crippen MR) is 99.8 cm³/mol. The van der Waals surface area contributed by atoms with Gasteiger partial charge in [0.15, 0.2) is 0 Å². The third kappa shape index (κ3) is 3.58. The average molecular weight is 340 g/mol. The molecule has 5 heteroatoms. The molecule has 2 aliphatic rings. The molecular weight excluding hydrogens is 312 g/mol. The summed E-state index contributed by atoms with van der Waals surface area (Å²) in [5.41, 5.74) is 3.87. The SMILES string of the molecule is Cc1cccc(N2CCCC3(CN(Cc4cncn4C)CCO3)C2)c1. The van der Waals surface area contributed by atoms with E-state index in [-0.39, 0.29) is 5.60 Å². The Bertz CT molecular complexity index is 724. The predicted octanol–water partition coefficient (Wildman–Crippen LogP) is 2.60. The molecule has 1 spiro atoms. The standard InChI is InChI=1S/C20H28N4O/c1-17-5-3-6-18(11-17)24-8-4-7-20(15-24)14-23(9-10-25-20)13-19-12-21-16-22(19)2/h3,5-6,11-12,16H,4,7-10,13-15H2,1-2H3. The first-order valence-corrected chi connectivity index (χ1v) is 9.27. The minimum Gasteiger partial charge on any atom is -0.370 e. The molecule has 0 amide bonds.